The quantitative estimate of drug-likeness (QED) is 0.797. The highest BCUT2D eigenvalue weighted by Gasteiger charge is 2.26. The molecule has 0 aliphatic heterocycles. The van der Waals surface area contributed by atoms with E-state index in [0.29, 0.717) is 0 Å². The molecule has 4 nitrogen and oxygen atoms in total. The minimum atomic E-state index is -4.67. The van der Waals surface area contributed by atoms with Crippen LogP contribution in [0.3, 0.4) is 0 Å². The SMILES string of the molecule is O=S(=O)(N[C@H](CO)Cc1ccccc1)C(F)F. The zero-order valence-corrected chi connectivity index (χ0v) is 9.70. The minimum absolute atomic E-state index is 0.156. The Balaban J connectivity index is 2.68. The van der Waals surface area contributed by atoms with Crippen LogP contribution in [0.4, 0.5) is 8.78 Å². The largest absolute Gasteiger partial charge is 0.395 e. The third-order valence-corrected chi connectivity index (χ3v) is 3.24. The molecular formula is C10H13F2NO3S. The van der Waals surface area contributed by atoms with Crippen molar-refractivity contribution in [2.75, 3.05) is 6.61 Å². The first kappa shape index (κ1) is 14.0. The van der Waals surface area contributed by atoms with Gasteiger partial charge in [0, 0.05) is 6.04 Å². The van der Waals surface area contributed by atoms with E-state index in [1.807, 2.05) is 0 Å². The van der Waals surface area contributed by atoms with Gasteiger partial charge in [-0.25, -0.2) is 13.1 Å². The van der Waals surface area contributed by atoms with E-state index in [0.717, 1.165) is 5.56 Å². The highest BCUT2D eigenvalue weighted by atomic mass is 32.2. The van der Waals surface area contributed by atoms with Crippen molar-refractivity contribution in [3.8, 4) is 0 Å². The van der Waals surface area contributed by atoms with Crippen LogP contribution in [0.15, 0.2) is 30.3 Å². The third-order valence-electron chi connectivity index (χ3n) is 2.11. The van der Waals surface area contributed by atoms with Gasteiger partial charge in [-0.3, -0.25) is 0 Å². The normalized spacial score (nSPS) is 13.9. The van der Waals surface area contributed by atoms with Crippen molar-refractivity contribution < 1.29 is 22.3 Å². The van der Waals surface area contributed by atoms with Crippen LogP contribution >= 0.6 is 0 Å². The summed E-state index contributed by atoms with van der Waals surface area (Å²) in [5.74, 6) is -3.49. The first-order valence-electron chi connectivity index (χ1n) is 4.90. The molecule has 2 N–H and O–H groups in total. The number of nitrogens with one attached hydrogen (secondary N) is 1. The molecule has 0 unspecified atom stereocenters. The van der Waals surface area contributed by atoms with Crippen LogP contribution in [0.25, 0.3) is 0 Å². The van der Waals surface area contributed by atoms with E-state index in [4.69, 9.17) is 5.11 Å². The predicted octanol–water partition coefficient (Wildman–Crippen LogP) is 0.732. The van der Waals surface area contributed by atoms with Crippen molar-refractivity contribution in [3.05, 3.63) is 35.9 Å². The highest BCUT2D eigenvalue weighted by Crippen LogP contribution is 2.07. The zero-order valence-electron chi connectivity index (χ0n) is 8.88. The summed E-state index contributed by atoms with van der Waals surface area (Å²) in [4.78, 5) is 0. The lowest BCUT2D eigenvalue weighted by Gasteiger charge is -2.15. The standard InChI is InChI=1S/C10H13F2NO3S/c11-10(12)17(15,16)13-9(7-14)6-8-4-2-1-3-5-8/h1-5,9-10,13-14H,6-7H2/t9-/m0/s1. The van der Waals surface area contributed by atoms with Crippen molar-refractivity contribution in [1.82, 2.24) is 4.72 Å². The van der Waals surface area contributed by atoms with Crippen LogP contribution in [0.1, 0.15) is 5.56 Å². The van der Waals surface area contributed by atoms with Crippen molar-refractivity contribution in [2.24, 2.45) is 0 Å². The predicted molar refractivity (Wildman–Crippen MR) is 59.1 cm³/mol. The van der Waals surface area contributed by atoms with Crippen LogP contribution in [0.2, 0.25) is 0 Å². The van der Waals surface area contributed by atoms with Gasteiger partial charge in [-0.1, -0.05) is 30.3 Å². The van der Waals surface area contributed by atoms with E-state index >= 15 is 0 Å². The number of hydrogen-bond donors (Lipinski definition) is 2. The van der Waals surface area contributed by atoms with Crippen molar-refractivity contribution in [2.45, 2.75) is 18.2 Å². The summed E-state index contributed by atoms with van der Waals surface area (Å²) in [5, 5.41) is 8.96. The molecule has 1 atom stereocenters. The molecule has 7 heteroatoms. The Labute approximate surface area is 98.3 Å². The Morgan fingerprint density at radius 3 is 2.29 bits per heavy atom. The molecule has 17 heavy (non-hydrogen) atoms. The molecule has 0 bridgehead atoms. The number of hydrogen-bond acceptors (Lipinski definition) is 3. The Morgan fingerprint density at radius 1 is 1.24 bits per heavy atom. The van der Waals surface area contributed by atoms with Gasteiger partial charge in [-0.05, 0) is 12.0 Å². The smallest absolute Gasteiger partial charge is 0.350 e. The molecule has 1 aromatic rings. The lowest BCUT2D eigenvalue weighted by Crippen LogP contribution is -2.41. The maximum atomic E-state index is 12.1. The van der Waals surface area contributed by atoms with Gasteiger partial charge in [0.15, 0.2) is 0 Å². The number of halogens is 2. The third kappa shape index (κ3) is 4.37. The Hall–Kier alpha value is -1.05. The number of benzene rings is 1. The first-order chi connectivity index (χ1) is 7.95. The van der Waals surface area contributed by atoms with Gasteiger partial charge < -0.3 is 5.11 Å². The summed E-state index contributed by atoms with van der Waals surface area (Å²) in [5.41, 5.74) is 0.753. The second-order valence-electron chi connectivity index (χ2n) is 3.49. The number of alkyl halides is 2. The summed E-state index contributed by atoms with van der Waals surface area (Å²) in [6.07, 6.45) is 0.156. The van der Waals surface area contributed by atoms with Crippen LogP contribution in [0.5, 0.6) is 0 Å². The number of rotatable bonds is 6. The van der Waals surface area contributed by atoms with Gasteiger partial charge in [0.1, 0.15) is 0 Å². The maximum Gasteiger partial charge on any atom is 0.350 e. The Bertz CT molecular complexity index is 436. The molecule has 0 saturated heterocycles. The van der Waals surface area contributed by atoms with Crippen molar-refractivity contribution in [3.63, 3.8) is 0 Å². The van der Waals surface area contributed by atoms with Crippen LogP contribution in [0, 0.1) is 0 Å². The van der Waals surface area contributed by atoms with Crippen LogP contribution in [-0.4, -0.2) is 31.9 Å². The molecule has 1 rings (SSSR count). The lowest BCUT2D eigenvalue weighted by atomic mass is 10.1. The summed E-state index contributed by atoms with van der Waals surface area (Å²) in [6.45, 7) is -0.541. The van der Waals surface area contributed by atoms with Crippen LogP contribution < -0.4 is 4.72 Å². The van der Waals surface area contributed by atoms with E-state index in [1.165, 1.54) is 0 Å². The van der Waals surface area contributed by atoms with Gasteiger partial charge >= 0.3 is 5.76 Å². The monoisotopic (exact) mass is 265 g/mol. The fraction of sp³-hybridized carbons (Fsp3) is 0.400. The molecule has 96 valence electrons. The minimum Gasteiger partial charge on any atom is -0.395 e. The maximum absolute atomic E-state index is 12.1. The van der Waals surface area contributed by atoms with Crippen LogP contribution in [-0.2, 0) is 16.4 Å². The fourth-order valence-electron chi connectivity index (χ4n) is 1.33. The lowest BCUT2D eigenvalue weighted by molar-refractivity contribution is 0.223. The van der Waals surface area contributed by atoms with Gasteiger partial charge in [0.25, 0.3) is 10.0 Å². The Kier molecular flexibility index (Phi) is 4.98. The molecule has 0 aromatic heterocycles. The number of sulfonamides is 1. The molecule has 0 fully saturated rings. The highest BCUT2D eigenvalue weighted by molar-refractivity contribution is 7.89. The molecule has 0 saturated carbocycles. The molecule has 0 aliphatic rings. The van der Waals surface area contributed by atoms with Gasteiger partial charge in [0.05, 0.1) is 6.61 Å². The summed E-state index contributed by atoms with van der Waals surface area (Å²) in [6, 6.07) is 7.76. The average molecular weight is 265 g/mol. The summed E-state index contributed by atoms with van der Waals surface area (Å²) < 4.78 is 47.8. The van der Waals surface area contributed by atoms with Crippen molar-refractivity contribution >= 4 is 10.0 Å². The van der Waals surface area contributed by atoms with E-state index in [2.05, 4.69) is 0 Å². The molecule has 0 radical (unpaired) electrons. The fourth-order valence-corrected chi connectivity index (χ4v) is 2.05. The number of aliphatic hydroxyl groups is 1. The summed E-state index contributed by atoms with van der Waals surface area (Å²) in [7, 11) is -4.67. The molecule has 0 amide bonds. The van der Waals surface area contributed by atoms with Crippen molar-refractivity contribution in [1.29, 1.82) is 0 Å². The molecule has 0 aliphatic carbocycles. The molecule has 0 spiro atoms. The van der Waals surface area contributed by atoms with E-state index in [1.54, 1.807) is 35.1 Å². The summed E-state index contributed by atoms with van der Waals surface area (Å²) >= 11 is 0. The van der Waals surface area contributed by atoms with E-state index < -0.39 is 28.4 Å². The molecule has 1 aromatic carbocycles. The second-order valence-corrected chi connectivity index (χ2v) is 5.17. The van der Waals surface area contributed by atoms with E-state index in [-0.39, 0.29) is 6.42 Å². The Morgan fingerprint density at radius 2 is 1.82 bits per heavy atom. The topological polar surface area (TPSA) is 66.4 Å². The van der Waals surface area contributed by atoms with Gasteiger partial charge in [-0.2, -0.15) is 8.78 Å². The second kappa shape index (κ2) is 6.04. The van der Waals surface area contributed by atoms with Gasteiger partial charge in [-0.15, -0.1) is 0 Å². The molecule has 0 heterocycles. The number of aliphatic hydroxyl groups excluding tert-OH is 1. The zero-order chi connectivity index (χ0) is 12.9. The van der Waals surface area contributed by atoms with Gasteiger partial charge in [0.2, 0.25) is 0 Å². The first-order valence-corrected chi connectivity index (χ1v) is 6.44. The van der Waals surface area contributed by atoms with E-state index in [9.17, 15) is 17.2 Å². The average Bonchev–Trinajstić information content (AvgIpc) is 2.29. The molecular weight excluding hydrogens is 252 g/mol.